The molecule has 0 saturated heterocycles. The van der Waals surface area contributed by atoms with Gasteiger partial charge in [-0.05, 0) is 65.2 Å². The SMILES string of the molecule is O=C(Cc1ccc(Br)cc1)N/N=C\c1ccc(OCc2ccc([N+](=O)[O-])cc2)cc1. The predicted molar refractivity (Wildman–Crippen MR) is 117 cm³/mol. The molecular weight excluding hydrogens is 450 g/mol. The Morgan fingerprint density at radius 2 is 1.63 bits per heavy atom. The van der Waals surface area contributed by atoms with E-state index in [4.69, 9.17) is 4.74 Å². The van der Waals surface area contributed by atoms with Crippen molar-refractivity contribution in [1.82, 2.24) is 5.43 Å². The second-order valence-corrected chi connectivity index (χ2v) is 7.29. The van der Waals surface area contributed by atoms with Crippen LogP contribution in [0.1, 0.15) is 16.7 Å². The summed E-state index contributed by atoms with van der Waals surface area (Å²) in [6.45, 7) is 0.303. The van der Waals surface area contributed by atoms with Gasteiger partial charge in [-0.1, -0.05) is 28.1 Å². The standard InChI is InChI=1S/C22H18BrN3O4/c23-19-7-1-16(2-8-19)13-22(27)25-24-14-17-5-11-21(12-6-17)30-15-18-3-9-20(10-4-18)26(28)29/h1-12,14H,13,15H2,(H,25,27)/b24-14-. The molecule has 0 aliphatic heterocycles. The lowest BCUT2D eigenvalue weighted by Gasteiger charge is -2.06. The number of rotatable bonds is 8. The average Bonchev–Trinajstić information content (AvgIpc) is 2.75. The third-order valence-corrected chi connectivity index (χ3v) is 4.64. The van der Waals surface area contributed by atoms with E-state index in [-0.39, 0.29) is 18.0 Å². The third kappa shape index (κ3) is 6.52. The number of nitro benzene ring substituents is 1. The van der Waals surface area contributed by atoms with E-state index in [1.807, 2.05) is 36.4 Å². The Balaban J connectivity index is 1.46. The molecule has 0 saturated carbocycles. The van der Waals surface area contributed by atoms with E-state index in [9.17, 15) is 14.9 Å². The maximum absolute atomic E-state index is 11.9. The van der Waals surface area contributed by atoms with Crippen LogP contribution in [0.3, 0.4) is 0 Å². The molecule has 30 heavy (non-hydrogen) atoms. The lowest BCUT2D eigenvalue weighted by Crippen LogP contribution is -2.19. The van der Waals surface area contributed by atoms with Crippen molar-refractivity contribution in [2.24, 2.45) is 5.10 Å². The Hall–Kier alpha value is -3.52. The molecule has 0 aliphatic carbocycles. The van der Waals surface area contributed by atoms with Crippen molar-refractivity contribution in [2.45, 2.75) is 13.0 Å². The van der Waals surface area contributed by atoms with Gasteiger partial charge in [-0.3, -0.25) is 14.9 Å². The first-order chi connectivity index (χ1) is 14.5. The molecule has 7 nitrogen and oxygen atoms in total. The lowest BCUT2D eigenvalue weighted by molar-refractivity contribution is -0.384. The lowest BCUT2D eigenvalue weighted by atomic mass is 10.1. The van der Waals surface area contributed by atoms with E-state index in [1.54, 1.807) is 30.5 Å². The quantitative estimate of drug-likeness (QED) is 0.296. The molecule has 0 spiro atoms. The summed E-state index contributed by atoms with van der Waals surface area (Å²) >= 11 is 3.36. The van der Waals surface area contributed by atoms with Gasteiger partial charge in [0.25, 0.3) is 5.69 Å². The zero-order chi connectivity index (χ0) is 21.3. The molecule has 1 amide bonds. The number of carbonyl (C=O) groups is 1. The van der Waals surface area contributed by atoms with Crippen molar-refractivity contribution in [3.05, 3.63) is 104 Å². The monoisotopic (exact) mass is 467 g/mol. The number of hydrogen-bond acceptors (Lipinski definition) is 5. The molecule has 0 unspecified atom stereocenters. The first kappa shape index (κ1) is 21.2. The van der Waals surface area contributed by atoms with Gasteiger partial charge in [0.2, 0.25) is 5.91 Å². The molecule has 0 radical (unpaired) electrons. The summed E-state index contributed by atoms with van der Waals surface area (Å²) in [5, 5.41) is 14.6. The summed E-state index contributed by atoms with van der Waals surface area (Å²) in [4.78, 5) is 22.2. The molecule has 8 heteroatoms. The molecule has 0 bridgehead atoms. The van der Waals surface area contributed by atoms with Gasteiger partial charge in [-0.2, -0.15) is 5.10 Å². The van der Waals surface area contributed by atoms with Crippen molar-refractivity contribution < 1.29 is 14.5 Å². The predicted octanol–water partition coefficient (Wildman–Crippen LogP) is 4.63. The van der Waals surface area contributed by atoms with Crippen molar-refractivity contribution in [2.75, 3.05) is 0 Å². The molecule has 0 atom stereocenters. The Morgan fingerprint density at radius 1 is 1.00 bits per heavy atom. The highest BCUT2D eigenvalue weighted by Crippen LogP contribution is 2.16. The fourth-order valence-electron chi connectivity index (χ4n) is 2.54. The molecule has 0 heterocycles. The molecule has 0 fully saturated rings. The van der Waals surface area contributed by atoms with Gasteiger partial charge in [0.15, 0.2) is 0 Å². The van der Waals surface area contributed by atoms with Gasteiger partial charge in [0.05, 0.1) is 17.6 Å². The summed E-state index contributed by atoms with van der Waals surface area (Å²) in [5.74, 6) is 0.460. The summed E-state index contributed by atoms with van der Waals surface area (Å²) < 4.78 is 6.64. The van der Waals surface area contributed by atoms with Gasteiger partial charge in [-0.25, -0.2) is 5.43 Å². The molecule has 3 aromatic rings. The van der Waals surface area contributed by atoms with Crippen LogP contribution >= 0.6 is 15.9 Å². The Labute approximate surface area is 181 Å². The number of nitrogens with zero attached hydrogens (tertiary/aromatic N) is 2. The van der Waals surface area contributed by atoms with Crippen molar-refractivity contribution in [3.8, 4) is 5.75 Å². The van der Waals surface area contributed by atoms with E-state index in [2.05, 4.69) is 26.5 Å². The minimum absolute atomic E-state index is 0.0475. The third-order valence-electron chi connectivity index (χ3n) is 4.11. The van der Waals surface area contributed by atoms with Crippen LogP contribution in [0.25, 0.3) is 0 Å². The number of halogens is 1. The summed E-state index contributed by atoms with van der Waals surface area (Å²) in [6.07, 6.45) is 1.81. The first-order valence-corrected chi connectivity index (χ1v) is 9.81. The number of non-ortho nitro benzene ring substituents is 1. The van der Waals surface area contributed by atoms with Crippen LogP contribution in [0, 0.1) is 10.1 Å². The zero-order valence-corrected chi connectivity index (χ0v) is 17.4. The smallest absolute Gasteiger partial charge is 0.269 e. The number of nitrogens with one attached hydrogen (secondary N) is 1. The van der Waals surface area contributed by atoms with Gasteiger partial charge in [0, 0.05) is 16.6 Å². The summed E-state index contributed by atoms with van der Waals surface area (Å²) in [5.41, 5.74) is 5.10. The molecule has 3 rings (SSSR count). The summed E-state index contributed by atoms with van der Waals surface area (Å²) in [6, 6.07) is 21.0. The Morgan fingerprint density at radius 3 is 2.27 bits per heavy atom. The van der Waals surface area contributed by atoms with Gasteiger partial charge in [0.1, 0.15) is 12.4 Å². The highest BCUT2D eigenvalue weighted by molar-refractivity contribution is 9.10. The molecule has 0 aromatic heterocycles. The van der Waals surface area contributed by atoms with Crippen LogP contribution in [-0.4, -0.2) is 17.0 Å². The number of hydrazone groups is 1. The van der Waals surface area contributed by atoms with Crippen LogP contribution in [-0.2, 0) is 17.8 Å². The largest absolute Gasteiger partial charge is 0.489 e. The number of benzene rings is 3. The second kappa shape index (κ2) is 10.3. The molecular formula is C22H18BrN3O4. The Kier molecular flexibility index (Phi) is 7.29. The van der Waals surface area contributed by atoms with Gasteiger partial charge in [-0.15, -0.1) is 0 Å². The van der Waals surface area contributed by atoms with E-state index in [0.717, 1.165) is 21.2 Å². The number of hydrogen-bond donors (Lipinski definition) is 1. The Bertz CT molecular complexity index is 1030. The first-order valence-electron chi connectivity index (χ1n) is 9.02. The van der Waals surface area contributed by atoms with Crippen LogP contribution in [0.15, 0.2) is 82.4 Å². The van der Waals surface area contributed by atoms with Gasteiger partial charge >= 0.3 is 0 Å². The number of carbonyl (C=O) groups excluding carboxylic acids is 1. The van der Waals surface area contributed by atoms with Crippen LogP contribution in [0.5, 0.6) is 5.75 Å². The van der Waals surface area contributed by atoms with Gasteiger partial charge < -0.3 is 4.74 Å². The maximum atomic E-state index is 11.9. The van der Waals surface area contributed by atoms with Crippen LogP contribution in [0.4, 0.5) is 5.69 Å². The second-order valence-electron chi connectivity index (χ2n) is 6.38. The molecule has 0 aliphatic rings. The number of amides is 1. The number of nitro groups is 1. The maximum Gasteiger partial charge on any atom is 0.269 e. The van der Waals surface area contributed by atoms with Crippen LogP contribution < -0.4 is 10.2 Å². The van der Waals surface area contributed by atoms with E-state index in [0.29, 0.717) is 12.4 Å². The van der Waals surface area contributed by atoms with E-state index < -0.39 is 4.92 Å². The van der Waals surface area contributed by atoms with Crippen LogP contribution in [0.2, 0.25) is 0 Å². The highest BCUT2D eigenvalue weighted by Gasteiger charge is 2.04. The zero-order valence-electron chi connectivity index (χ0n) is 15.8. The van der Waals surface area contributed by atoms with E-state index >= 15 is 0 Å². The summed E-state index contributed by atoms with van der Waals surface area (Å²) in [7, 11) is 0. The minimum atomic E-state index is -0.436. The molecule has 1 N–H and O–H groups in total. The highest BCUT2D eigenvalue weighted by atomic mass is 79.9. The minimum Gasteiger partial charge on any atom is -0.489 e. The number of ether oxygens (including phenoxy) is 1. The van der Waals surface area contributed by atoms with E-state index in [1.165, 1.54) is 12.1 Å². The van der Waals surface area contributed by atoms with Crippen molar-refractivity contribution in [1.29, 1.82) is 0 Å². The fourth-order valence-corrected chi connectivity index (χ4v) is 2.80. The fraction of sp³-hybridized carbons (Fsp3) is 0.0909. The van der Waals surface area contributed by atoms with Crippen molar-refractivity contribution >= 4 is 33.7 Å². The average molecular weight is 468 g/mol. The van der Waals surface area contributed by atoms with Crippen molar-refractivity contribution in [3.63, 3.8) is 0 Å². The molecule has 152 valence electrons. The topological polar surface area (TPSA) is 93.8 Å². The normalized spacial score (nSPS) is 10.7. The molecule has 3 aromatic carbocycles.